The zero-order chi connectivity index (χ0) is 14.3. The second kappa shape index (κ2) is 4.29. The van der Waals surface area contributed by atoms with Crippen LogP contribution in [0.5, 0.6) is 0 Å². The van der Waals surface area contributed by atoms with E-state index in [9.17, 15) is 17.6 Å². The normalized spacial score (nSPS) is 12.0. The minimum Gasteiger partial charge on any atom is -0.337 e. The molecule has 3 aromatic rings. The third-order valence-corrected chi connectivity index (χ3v) is 2.75. The maximum absolute atomic E-state index is 12.8. The van der Waals surface area contributed by atoms with E-state index in [0.717, 1.165) is 6.07 Å². The van der Waals surface area contributed by atoms with Gasteiger partial charge in [0.15, 0.2) is 5.65 Å². The summed E-state index contributed by atoms with van der Waals surface area (Å²) in [5, 5.41) is 0. The topological polar surface area (TPSA) is 41.6 Å². The van der Waals surface area contributed by atoms with Gasteiger partial charge >= 0.3 is 6.18 Å². The van der Waals surface area contributed by atoms with Crippen molar-refractivity contribution in [1.29, 1.82) is 0 Å². The maximum Gasteiger partial charge on any atom is 0.433 e. The Balaban J connectivity index is 2.09. The van der Waals surface area contributed by atoms with Crippen LogP contribution in [0.15, 0.2) is 36.4 Å². The first-order chi connectivity index (χ1) is 9.43. The first-order valence-corrected chi connectivity index (χ1v) is 5.63. The van der Waals surface area contributed by atoms with Gasteiger partial charge in [0.2, 0.25) is 0 Å². The SMILES string of the molecule is Fc1ccc(-c2nc3nc(C(F)(F)F)ccc3[nH]2)cc1. The van der Waals surface area contributed by atoms with Gasteiger partial charge in [-0.05, 0) is 36.4 Å². The number of nitrogens with one attached hydrogen (secondary N) is 1. The summed E-state index contributed by atoms with van der Waals surface area (Å²) in [7, 11) is 0. The van der Waals surface area contributed by atoms with Crippen LogP contribution in [0.3, 0.4) is 0 Å². The van der Waals surface area contributed by atoms with E-state index in [0.29, 0.717) is 16.9 Å². The predicted molar refractivity (Wildman–Crippen MR) is 64.3 cm³/mol. The molecule has 0 fully saturated rings. The van der Waals surface area contributed by atoms with Crippen molar-refractivity contribution < 1.29 is 17.6 Å². The highest BCUT2D eigenvalue weighted by atomic mass is 19.4. The van der Waals surface area contributed by atoms with Gasteiger partial charge in [-0.25, -0.2) is 14.4 Å². The fraction of sp³-hybridized carbons (Fsp3) is 0.0769. The van der Waals surface area contributed by atoms with Crippen molar-refractivity contribution in [2.45, 2.75) is 6.18 Å². The van der Waals surface area contributed by atoms with Crippen LogP contribution in [0.2, 0.25) is 0 Å². The number of alkyl halides is 3. The monoisotopic (exact) mass is 281 g/mol. The van der Waals surface area contributed by atoms with Crippen LogP contribution in [0, 0.1) is 5.82 Å². The van der Waals surface area contributed by atoms with Crippen LogP contribution in [-0.4, -0.2) is 15.0 Å². The van der Waals surface area contributed by atoms with Gasteiger partial charge in [-0.1, -0.05) is 0 Å². The third kappa shape index (κ3) is 2.22. The number of H-pyrrole nitrogens is 1. The molecule has 2 heterocycles. The molecular weight excluding hydrogens is 274 g/mol. The van der Waals surface area contributed by atoms with Gasteiger partial charge in [-0.2, -0.15) is 13.2 Å². The van der Waals surface area contributed by atoms with Gasteiger partial charge in [0, 0.05) is 5.56 Å². The third-order valence-electron chi connectivity index (χ3n) is 2.75. The van der Waals surface area contributed by atoms with Crippen molar-refractivity contribution in [2.24, 2.45) is 0 Å². The molecule has 3 nitrogen and oxygen atoms in total. The van der Waals surface area contributed by atoms with Crippen molar-refractivity contribution in [3.8, 4) is 11.4 Å². The van der Waals surface area contributed by atoms with Crippen molar-refractivity contribution >= 4 is 11.2 Å². The lowest BCUT2D eigenvalue weighted by Gasteiger charge is -2.03. The molecular formula is C13H7F4N3. The molecule has 0 aliphatic heterocycles. The number of rotatable bonds is 1. The van der Waals surface area contributed by atoms with Crippen LogP contribution in [0.4, 0.5) is 17.6 Å². The van der Waals surface area contributed by atoms with E-state index >= 15 is 0 Å². The Hall–Kier alpha value is -2.44. The molecule has 0 spiro atoms. The Morgan fingerprint density at radius 3 is 2.25 bits per heavy atom. The number of aromatic nitrogens is 3. The quantitative estimate of drug-likeness (QED) is 0.690. The summed E-state index contributed by atoms with van der Waals surface area (Å²) >= 11 is 0. The standard InChI is InChI=1S/C13H7F4N3/c14-8-3-1-7(2-4-8)11-18-9-5-6-10(13(15,16)17)19-12(9)20-11/h1-6H,(H,18,19,20). The average Bonchev–Trinajstić information content (AvgIpc) is 2.81. The molecule has 0 unspecified atom stereocenters. The van der Waals surface area contributed by atoms with Crippen LogP contribution < -0.4 is 0 Å². The van der Waals surface area contributed by atoms with E-state index in [1.807, 2.05) is 0 Å². The number of hydrogen-bond acceptors (Lipinski definition) is 2. The molecule has 0 atom stereocenters. The van der Waals surface area contributed by atoms with E-state index in [2.05, 4.69) is 15.0 Å². The summed E-state index contributed by atoms with van der Waals surface area (Å²) in [4.78, 5) is 10.3. The molecule has 102 valence electrons. The van der Waals surface area contributed by atoms with Gasteiger partial charge in [0.1, 0.15) is 17.3 Å². The number of benzene rings is 1. The van der Waals surface area contributed by atoms with Crippen molar-refractivity contribution in [2.75, 3.05) is 0 Å². The van der Waals surface area contributed by atoms with Gasteiger partial charge in [-0.15, -0.1) is 0 Å². The fourth-order valence-corrected chi connectivity index (χ4v) is 1.79. The average molecular weight is 281 g/mol. The predicted octanol–water partition coefficient (Wildman–Crippen LogP) is 3.78. The molecule has 0 aliphatic carbocycles. The van der Waals surface area contributed by atoms with Crippen LogP contribution in [-0.2, 0) is 6.18 Å². The molecule has 0 saturated carbocycles. The molecule has 0 aliphatic rings. The Morgan fingerprint density at radius 2 is 1.60 bits per heavy atom. The zero-order valence-electron chi connectivity index (χ0n) is 9.87. The molecule has 0 bridgehead atoms. The number of aromatic amines is 1. The molecule has 3 rings (SSSR count). The van der Waals surface area contributed by atoms with Crippen LogP contribution >= 0.6 is 0 Å². The summed E-state index contributed by atoms with van der Waals surface area (Å²) in [6.45, 7) is 0. The van der Waals surface area contributed by atoms with Crippen molar-refractivity contribution in [1.82, 2.24) is 15.0 Å². The van der Waals surface area contributed by atoms with Crippen molar-refractivity contribution in [3.05, 3.63) is 47.9 Å². The lowest BCUT2D eigenvalue weighted by atomic mass is 10.2. The highest BCUT2D eigenvalue weighted by molar-refractivity contribution is 5.76. The summed E-state index contributed by atoms with van der Waals surface area (Å²) in [5.74, 6) is -0.0610. The molecule has 7 heteroatoms. The highest BCUT2D eigenvalue weighted by Crippen LogP contribution is 2.29. The first kappa shape index (κ1) is 12.6. The molecule has 1 N–H and O–H groups in total. The van der Waals surface area contributed by atoms with E-state index < -0.39 is 17.7 Å². The van der Waals surface area contributed by atoms with E-state index in [4.69, 9.17) is 0 Å². The largest absolute Gasteiger partial charge is 0.433 e. The van der Waals surface area contributed by atoms with Crippen LogP contribution in [0.1, 0.15) is 5.69 Å². The number of fused-ring (bicyclic) bond motifs is 1. The minimum atomic E-state index is -4.51. The van der Waals surface area contributed by atoms with Crippen molar-refractivity contribution in [3.63, 3.8) is 0 Å². The van der Waals surface area contributed by atoms with Gasteiger partial charge in [-0.3, -0.25) is 0 Å². The van der Waals surface area contributed by atoms with E-state index in [1.165, 1.54) is 30.3 Å². The molecule has 20 heavy (non-hydrogen) atoms. The summed E-state index contributed by atoms with van der Waals surface area (Å²) < 4.78 is 50.5. The lowest BCUT2D eigenvalue weighted by Crippen LogP contribution is -2.07. The van der Waals surface area contributed by atoms with E-state index in [1.54, 1.807) is 0 Å². The highest BCUT2D eigenvalue weighted by Gasteiger charge is 2.32. The minimum absolute atomic E-state index is 0.0286. The molecule has 2 aromatic heterocycles. The molecule has 1 aromatic carbocycles. The summed E-state index contributed by atoms with van der Waals surface area (Å²) in [6.07, 6.45) is -4.51. The number of nitrogens with zero attached hydrogens (tertiary/aromatic N) is 2. The first-order valence-electron chi connectivity index (χ1n) is 5.63. The number of halogens is 4. The Labute approximate surface area is 110 Å². The summed E-state index contributed by atoms with van der Waals surface area (Å²) in [5.41, 5.74) is -0.0726. The second-order valence-corrected chi connectivity index (χ2v) is 4.16. The van der Waals surface area contributed by atoms with Crippen LogP contribution in [0.25, 0.3) is 22.6 Å². The maximum atomic E-state index is 12.8. The fourth-order valence-electron chi connectivity index (χ4n) is 1.79. The number of pyridine rings is 1. The molecule has 0 radical (unpaired) electrons. The Morgan fingerprint density at radius 1 is 0.900 bits per heavy atom. The van der Waals surface area contributed by atoms with Gasteiger partial charge in [0.25, 0.3) is 0 Å². The zero-order valence-corrected chi connectivity index (χ0v) is 9.87. The molecule has 0 saturated heterocycles. The van der Waals surface area contributed by atoms with Gasteiger partial charge in [0.05, 0.1) is 5.52 Å². The van der Waals surface area contributed by atoms with E-state index in [-0.39, 0.29) is 5.65 Å². The second-order valence-electron chi connectivity index (χ2n) is 4.16. The molecule has 0 amide bonds. The summed E-state index contributed by atoms with van der Waals surface area (Å²) in [6, 6.07) is 7.61. The number of hydrogen-bond donors (Lipinski definition) is 1. The Bertz CT molecular complexity index is 759. The Kier molecular flexibility index (Phi) is 2.70. The smallest absolute Gasteiger partial charge is 0.337 e. The van der Waals surface area contributed by atoms with Gasteiger partial charge < -0.3 is 4.98 Å². The number of imidazole rings is 1. The lowest BCUT2D eigenvalue weighted by molar-refractivity contribution is -0.141.